The lowest BCUT2D eigenvalue weighted by Gasteiger charge is -2.01. The SMILES string of the molecule is O=C(O)Cc1ccc(-n2ccc(C(F)F)n2)nc1. The van der Waals surface area contributed by atoms with Crippen LogP contribution >= 0.6 is 0 Å². The zero-order valence-corrected chi connectivity index (χ0v) is 9.12. The zero-order chi connectivity index (χ0) is 13.1. The molecule has 94 valence electrons. The first-order valence-electron chi connectivity index (χ1n) is 5.07. The minimum atomic E-state index is -2.63. The number of aromatic nitrogens is 3. The van der Waals surface area contributed by atoms with E-state index in [2.05, 4.69) is 10.1 Å². The molecular formula is C11H9F2N3O2. The maximum Gasteiger partial charge on any atom is 0.307 e. The maximum atomic E-state index is 12.3. The molecule has 1 N–H and O–H groups in total. The highest BCUT2D eigenvalue weighted by Crippen LogP contribution is 2.16. The molecule has 5 nitrogen and oxygen atoms in total. The molecule has 0 fully saturated rings. The molecule has 0 saturated carbocycles. The lowest BCUT2D eigenvalue weighted by molar-refractivity contribution is -0.136. The van der Waals surface area contributed by atoms with Gasteiger partial charge in [-0.1, -0.05) is 6.07 Å². The van der Waals surface area contributed by atoms with E-state index < -0.39 is 12.4 Å². The first-order chi connectivity index (χ1) is 8.56. The molecule has 2 aromatic heterocycles. The summed E-state index contributed by atoms with van der Waals surface area (Å²) in [5.41, 5.74) is 0.207. The van der Waals surface area contributed by atoms with Crippen LogP contribution in [-0.4, -0.2) is 25.8 Å². The van der Waals surface area contributed by atoms with E-state index in [9.17, 15) is 13.6 Å². The lowest BCUT2D eigenvalue weighted by Crippen LogP contribution is -2.03. The molecule has 2 rings (SSSR count). The van der Waals surface area contributed by atoms with Gasteiger partial charge in [-0.15, -0.1) is 0 Å². The smallest absolute Gasteiger partial charge is 0.307 e. The van der Waals surface area contributed by atoms with Gasteiger partial charge >= 0.3 is 5.97 Å². The Hall–Kier alpha value is -2.31. The monoisotopic (exact) mass is 253 g/mol. The van der Waals surface area contributed by atoms with Gasteiger partial charge in [0.05, 0.1) is 6.42 Å². The second-order valence-corrected chi connectivity index (χ2v) is 3.58. The van der Waals surface area contributed by atoms with E-state index in [1.165, 1.54) is 29.2 Å². The van der Waals surface area contributed by atoms with Crippen molar-refractivity contribution >= 4 is 5.97 Å². The van der Waals surface area contributed by atoms with Crippen molar-refractivity contribution in [2.24, 2.45) is 0 Å². The molecule has 0 aliphatic carbocycles. The molecule has 18 heavy (non-hydrogen) atoms. The average molecular weight is 253 g/mol. The molecule has 2 aromatic rings. The number of hydrogen-bond acceptors (Lipinski definition) is 3. The molecule has 7 heteroatoms. The minimum Gasteiger partial charge on any atom is -0.481 e. The normalized spacial score (nSPS) is 10.8. The van der Waals surface area contributed by atoms with E-state index in [4.69, 9.17) is 5.11 Å². The Morgan fingerprint density at radius 1 is 1.39 bits per heavy atom. The van der Waals surface area contributed by atoms with E-state index in [1.54, 1.807) is 6.07 Å². The second-order valence-electron chi connectivity index (χ2n) is 3.58. The Labute approximate surface area is 101 Å². The van der Waals surface area contributed by atoms with Gasteiger partial charge in [-0.3, -0.25) is 4.79 Å². The summed E-state index contributed by atoms with van der Waals surface area (Å²) in [7, 11) is 0. The molecule has 0 aliphatic heterocycles. The van der Waals surface area contributed by atoms with Gasteiger partial charge in [0.2, 0.25) is 0 Å². The fraction of sp³-hybridized carbons (Fsp3) is 0.182. The number of halogens is 2. The highest BCUT2D eigenvalue weighted by Gasteiger charge is 2.11. The van der Waals surface area contributed by atoms with Gasteiger partial charge < -0.3 is 5.11 Å². The van der Waals surface area contributed by atoms with Crippen LogP contribution in [0.25, 0.3) is 5.82 Å². The molecular weight excluding hydrogens is 244 g/mol. The predicted molar refractivity (Wildman–Crippen MR) is 57.7 cm³/mol. The van der Waals surface area contributed by atoms with Gasteiger partial charge in [-0.05, 0) is 17.7 Å². The number of carbonyl (C=O) groups is 1. The summed E-state index contributed by atoms with van der Waals surface area (Å²) in [5.74, 6) is -0.598. The number of carboxylic acid groups (broad SMARTS) is 1. The zero-order valence-electron chi connectivity index (χ0n) is 9.12. The van der Waals surface area contributed by atoms with Crippen molar-refractivity contribution in [3.8, 4) is 5.82 Å². The first-order valence-corrected chi connectivity index (χ1v) is 5.07. The molecule has 0 aliphatic rings. The third kappa shape index (κ3) is 2.68. The number of aliphatic carboxylic acids is 1. The third-order valence-corrected chi connectivity index (χ3v) is 2.23. The van der Waals surface area contributed by atoms with E-state index in [0.717, 1.165) is 0 Å². The van der Waals surface area contributed by atoms with Crippen molar-refractivity contribution < 1.29 is 18.7 Å². The molecule has 0 atom stereocenters. The number of nitrogens with zero attached hydrogens (tertiary/aromatic N) is 3. The van der Waals surface area contributed by atoms with Gasteiger partial charge in [0.15, 0.2) is 5.82 Å². The van der Waals surface area contributed by atoms with Crippen molar-refractivity contribution in [1.82, 2.24) is 14.8 Å². The number of rotatable bonds is 4. The summed E-state index contributed by atoms with van der Waals surface area (Å²) in [6.45, 7) is 0. The molecule has 2 heterocycles. The van der Waals surface area contributed by atoms with Crippen LogP contribution < -0.4 is 0 Å². The summed E-state index contributed by atoms with van der Waals surface area (Å²) >= 11 is 0. The Morgan fingerprint density at radius 2 is 2.17 bits per heavy atom. The van der Waals surface area contributed by atoms with E-state index >= 15 is 0 Å². The first kappa shape index (κ1) is 12.2. The highest BCUT2D eigenvalue weighted by molar-refractivity contribution is 5.70. The average Bonchev–Trinajstić information content (AvgIpc) is 2.78. The van der Waals surface area contributed by atoms with Gasteiger partial charge in [0, 0.05) is 12.4 Å². The molecule has 0 amide bonds. The van der Waals surface area contributed by atoms with Crippen molar-refractivity contribution in [1.29, 1.82) is 0 Å². The quantitative estimate of drug-likeness (QED) is 0.902. The molecule has 0 spiro atoms. The van der Waals surface area contributed by atoms with Crippen LogP contribution in [0.5, 0.6) is 0 Å². The van der Waals surface area contributed by atoms with Crippen molar-refractivity contribution in [2.75, 3.05) is 0 Å². The van der Waals surface area contributed by atoms with Crippen LogP contribution in [-0.2, 0) is 11.2 Å². The number of alkyl halides is 2. The molecule has 0 saturated heterocycles. The Morgan fingerprint density at radius 3 is 2.67 bits per heavy atom. The van der Waals surface area contributed by atoms with Crippen molar-refractivity contribution in [2.45, 2.75) is 12.8 Å². The van der Waals surface area contributed by atoms with Gasteiger partial charge in [0.1, 0.15) is 5.69 Å². The topological polar surface area (TPSA) is 68.0 Å². The Bertz CT molecular complexity index is 552. The molecule has 0 aromatic carbocycles. The fourth-order valence-corrected chi connectivity index (χ4v) is 1.41. The Kier molecular flexibility index (Phi) is 3.31. The number of pyridine rings is 1. The van der Waals surface area contributed by atoms with Crippen molar-refractivity contribution in [3.05, 3.63) is 41.9 Å². The number of hydrogen-bond donors (Lipinski definition) is 1. The van der Waals surface area contributed by atoms with Crippen molar-refractivity contribution in [3.63, 3.8) is 0 Å². The van der Waals surface area contributed by atoms with Gasteiger partial charge in [-0.2, -0.15) is 5.10 Å². The second kappa shape index (κ2) is 4.91. The van der Waals surface area contributed by atoms with Gasteiger partial charge in [-0.25, -0.2) is 18.4 Å². The third-order valence-electron chi connectivity index (χ3n) is 2.23. The predicted octanol–water partition coefficient (Wildman–Crippen LogP) is 1.83. The van der Waals surface area contributed by atoms with Gasteiger partial charge in [0.25, 0.3) is 6.43 Å². The summed E-state index contributed by atoms with van der Waals surface area (Å²) in [4.78, 5) is 14.4. The summed E-state index contributed by atoms with van der Waals surface area (Å²) < 4.78 is 25.9. The Balaban J connectivity index is 2.20. The van der Waals surface area contributed by atoms with E-state index in [0.29, 0.717) is 11.4 Å². The van der Waals surface area contributed by atoms with Crippen LogP contribution in [0.15, 0.2) is 30.6 Å². The van der Waals surface area contributed by atoms with Crippen LogP contribution in [0.2, 0.25) is 0 Å². The molecule has 0 radical (unpaired) electrons. The van der Waals surface area contributed by atoms with Crippen LogP contribution in [0.4, 0.5) is 8.78 Å². The van der Waals surface area contributed by atoms with Crippen LogP contribution in [0.1, 0.15) is 17.7 Å². The van der Waals surface area contributed by atoms with Crippen LogP contribution in [0.3, 0.4) is 0 Å². The summed E-state index contributed by atoms with van der Waals surface area (Å²) in [5, 5.41) is 12.2. The largest absolute Gasteiger partial charge is 0.481 e. The molecule has 0 unspecified atom stereocenters. The minimum absolute atomic E-state index is 0.130. The highest BCUT2D eigenvalue weighted by atomic mass is 19.3. The fourth-order valence-electron chi connectivity index (χ4n) is 1.41. The van der Waals surface area contributed by atoms with Crippen LogP contribution in [0, 0.1) is 0 Å². The standard InChI is InChI=1S/C11H9F2N3O2/c12-11(13)8-3-4-16(15-8)9-2-1-7(6-14-9)5-10(17)18/h1-4,6,11H,5H2,(H,17,18). The number of carboxylic acids is 1. The maximum absolute atomic E-state index is 12.3. The van der Waals surface area contributed by atoms with E-state index in [1.807, 2.05) is 0 Å². The molecule has 0 bridgehead atoms. The lowest BCUT2D eigenvalue weighted by atomic mass is 10.2. The van der Waals surface area contributed by atoms with E-state index in [-0.39, 0.29) is 12.1 Å². The summed E-state index contributed by atoms with van der Waals surface area (Å²) in [6.07, 6.45) is 0.000244. The summed E-state index contributed by atoms with van der Waals surface area (Å²) in [6, 6.07) is 4.30.